The Morgan fingerprint density at radius 3 is 2.30 bits per heavy atom. The molecule has 4 nitrogen and oxygen atoms in total. The van der Waals surface area contributed by atoms with Gasteiger partial charge in [-0.25, -0.2) is 10.4 Å². The molecule has 3 aromatic rings. The van der Waals surface area contributed by atoms with Gasteiger partial charge in [0.1, 0.15) is 0 Å². The first-order valence-electron chi connectivity index (χ1n) is 7.24. The highest BCUT2D eigenvalue weighted by molar-refractivity contribution is 5.94. The van der Waals surface area contributed by atoms with Crippen LogP contribution < -0.4 is 5.43 Å². The van der Waals surface area contributed by atoms with Crippen LogP contribution in [0.5, 0.6) is 0 Å². The van der Waals surface area contributed by atoms with Crippen molar-refractivity contribution in [2.75, 3.05) is 0 Å². The highest BCUT2D eigenvalue weighted by Gasteiger charge is 2.02. The number of rotatable bonds is 4. The molecule has 0 aliphatic carbocycles. The number of carbonyl (C=O) groups is 1. The molecule has 0 saturated heterocycles. The first kappa shape index (κ1) is 14.7. The fourth-order valence-electron chi connectivity index (χ4n) is 2.10. The number of hydrogen-bond acceptors (Lipinski definition) is 3. The largest absolute Gasteiger partial charge is 0.271 e. The molecule has 0 fully saturated rings. The van der Waals surface area contributed by atoms with Gasteiger partial charge in [-0.15, -0.1) is 0 Å². The van der Waals surface area contributed by atoms with Gasteiger partial charge in [0.15, 0.2) is 0 Å². The molecule has 0 aliphatic heterocycles. The molecule has 1 aromatic heterocycles. The van der Waals surface area contributed by atoms with Gasteiger partial charge in [-0.2, -0.15) is 5.10 Å². The molecule has 1 amide bonds. The van der Waals surface area contributed by atoms with Crippen molar-refractivity contribution >= 4 is 12.1 Å². The van der Waals surface area contributed by atoms with E-state index in [0.717, 1.165) is 11.3 Å². The Hall–Kier alpha value is -3.27. The number of carbonyl (C=O) groups excluding carboxylic acids is 1. The Morgan fingerprint density at radius 2 is 1.57 bits per heavy atom. The third-order valence-corrected chi connectivity index (χ3v) is 3.24. The summed E-state index contributed by atoms with van der Waals surface area (Å²) in [5.74, 6) is -0.249. The molecule has 2 aromatic carbocycles. The predicted molar refractivity (Wildman–Crippen MR) is 91.2 cm³/mol. The standard InChI is InChI=1S/C19H15N3O/c23-19(16-10-5-2-6-11-16)22-20-14-17-12-7-13-18(21-17)15-8-3-1-4-9-15/h1-14H,(H,22,23)/b20-14-. The summed E-state index contributed by atoms with van der Waals surface area (Å²) in [4.78, 5) is 16.4. The Morgan fingerprint density at radius 1 is 0.870 bits per heavy atom. The van der Waals surface area contributed by atoms with Crippen LogP contribution in [0.25, 0.3) is 11.3 Å². The molecule has 0 bridgehead atoms. The van der Waals surface area contributed by atoms with E-state index < -0.39 is 0 Å². The van der Waals surface area contributed by atoms with E-state index in [0.29, 0.717) is 11.3 Å². The molecule has 0 spiro atoms. The zero-order valence-corrected chi connectivity index (χ0v) is 12.4. The summed E-state index contributed by atoms with van der Waals surface area (Å²) in [6, 6.07) is 24.5. The Labute approximate surface area is 134 Å². The van der Waals surface area contributed by atoms with Crippen LogP contribution in [0.4, 0.5) is 0 Å². The molecular weight excluding hydrogens is 286 g/mol. The molecular formula is C19H15N3O. The lowest BCUT2D eigenvalue weighted by Gasteiger charge is -2.02. The van der Waals surface area contributed by atoms with Gasteiger partial charge in [0.05, 0.1) is 17.6 Å². The van der Waals surface area contributed by atoms with E-state index in [1.54, 1.807) is 12.1 Å². The normalized spacial score (nSPS) is 10.6. The molecule has 1 heterocycles. The molecule has 0 aliphatic rings. The van der Waals surface area contributed by atoms with Gasteiger partial charge in [0.25, 0.3) is 5.91 Å². The Bertz CT molecular complexity index is 814. The average Bonchev–Trinajstić information content (AvgIpc) is 2.63. The molecule has 0 saturated carbocycles. The van der Waals surface area contributed by atoms with Crippen LogP contribution in [0, 0.1) is 0 Å². The van der Waals surface area contributed by atoms with Crippen LogP contribution in [-0.2, 0) is 0 Å². The number of aromatic nitrogens is 1. The maximum absolute atomic E-state index is 11.9. The summed E-state index contributed by atoms with van der Waals surface area (Å²) >= 11 is 0. The first-order chi connectivity index (χ1) is 11.3. The SMILES string of the molecule is O=C(N/N=C\c1cccc(-c2ccccc2)n1)c1ccccc1. The third-order valence-electron chi connectivity index (χ3n) is 3.24. The monoisotopic (exact) mass is 301 g/mol. The van der Waals surface area contributed by atoms with Gasteiger partial charge in [-0.1, -0.05) is 54.6 Å². The number of amides is 1. The summed E-state index contributed by atoms with van der Waals surface area (Å²) in [6.45, 7) is 0. The summed E-state index contributed by atoms with van der Waals surface area (Å²) in [6.07, 6.45) is 1.54. The smallest absolute Gasteiger partial charge is 0.267 e. The van der Waals surface area contributed by atoms with Gasteiger partial charge >= 0.3 is 0 Å². The molecule has 0 unspecified atom stereocenters. The summed E-state index contributed by atoms with van der Waals surface area (Å²) < 4.78 is 0. The topological polar surface area (TPSA) is 54.4 Å². The van der Waals surface area contributed by atoms with Gasteiger partial charge in [-0.3, -0.25) is 4.79 Å². The summed E-state index contributed by atoms with van der Waals surface area (Å²) in [7, 11) is 0. The zero-order valence-electron chi connectivity index (χ0n) is 12.4. The number of pyridine rings is 1. The van der Waals surface area contributed by atoms with E-state index in [9.17, 15) is 4.79 Å². The highest BCUT2D eigenvalue weighted by atomic mass is 16.2. The zero-order chi connectivity index (χ0) is 15.9. The molecule has 0 radical (unpaired) electrons. The van der Waals surface area contributed by atoms with E-state index in [2.05, 4.69) is 15.5 Å². The second-order valence-electron chi connectivity index (χ2n) is 4.88. The second kappa shape index (κ2) is 7.13. The number of hydrazone groups is 1. The number of nitrogens with zero attached hydrogens (tertiary/aromatic N) is 2. The van der Waals surface area contributed by atoms with E-state index in [1.165, 1.54) is 6.21 Å². The summed E-state index contributed by atoms with van der Waals surface area (Å²) in [5, 5.41) is 3.97. The van der Waals surface area contributed by atoms with Crippen molar-refractivity contribution in [3.63, 3.8) is 0 Å². The van der Waals surface area contributed by atoms with Crippen molar-refractivity contribution in [2.45, 2.75) is 0 Å². The second-order valence-corrected chi connectivity index (χ2v) is 4.88. The number of benzene rings is 2. The van der Waals surface area contributed by atoms with E-state index in [-0.39, 0.29) is 5.91 Å². The molecule has 0 atom stereocenters. The Balaban J connectivity index is 1.70. The lowest BCUT2D eigenvalue weighted by atomic mass is 10.1. The third kappa shape index (κ3) is 3.89. The lowest BCUT2D eigenvalue weighted by Crippen LogP contribution is -2.17. The van der Waals surface area contributed by atoms with Crippen LogP contribution in [0.1, 0.15) is 16.1 Å². The minimum Gasteiger partial charge on any atom is -0.267 e. The van der Waals surface area contributed by atoms with Crippen molar-refractivity contribution in [3.8, 4) is 11.3 Å². The van der Waals surface area contributed by atoms with Gasteiger partial charge < -0.3 is 0 Å². The lowest BCUT2D eigenvalue weighted by molar-refractivity contribution is 0.0955. The molecule has 4 heteroatoms. The summed E-state index contributed by atoms with van der Waals surface area (Å²) in [5.41, 5.74) is 5.65. The Kier molecular flexibility index (Phi) is 4.55. The van der Waals surface area contributed by atoms with Crippen LogP contribution in [0.3, 0.4) is 0 Å². The van der Waals surface area contributed by atoms with Crippen molar-refractivity contribution < 1.29 is 4.79 Å². The van der Waals surface area contributed by atoms with Crippen molar-refractivity contribution in [3.05, 3.63) is 90.1 Å². The number of hydrogen-bond donors (Lipinski definition) is 1. The molecule has 1 N–H and O–H groups in total. The maximum atomic E-state index is 11.9. The van der Waals surface area contributed by atoms with Crippen LogP contribution in [0.15, 0.2) is 84.0 Å². The van der Waals surface area contributed by atoms with Crippen LogP contribution in [0.2, 0.25) is 0 Å². The highest BCUT2D eigenvalue weighted by Crippen LogP contribution is 2.15. The van der Waals surface area contributed by atoms with Crippen LogP contribution in [-0.4, -0.2) is 17.1 Å². The van der Waals surface area contributed by atoms with Crippen LogP contribution >= 0.6 is 0 Å². The van der Waals surface area contributed by atoms with Crippen molar-refractivity contribution in [1.82, 2.24) is 10.4 Å². The van der Waals surface area contributed by atoms with Gasteiger partial charge in [-0.05, 0) is 24.3 Å². The van der Waals surface area contributed by atoms with Crippen molar-refractivity contribution in [1.29, 1.82) is 0 Å². The minimum atomic E-state index is -0.249. The predicted octanol–water partition coefficient (Wildman–Crippen LogP) is 3.51. The quantitative estimate of drug-likeness (QED) is 0.592. The fraction of sp³-hybridized carbons (Fsp3) is 0. The minimum absolute atomic E-state index is 0.249. The first-order valence-corrected chi connectivity index (χ1v) is 7.24. The van der Waals surface area contributed by atoms with Crippen molar-refractivity contribution in [2.24, 2.45) is 5.10 Å². The fourth-order valence-corrected chi connectivity index (χ4v) is 2.10. The van der Waals surface area contributed by atoms with E-state index in [1.807, 2.05) is 66.7 Å². The molecule has 23 heavy (non-hydrogen) atoms. The molecule has 112 valence electrons. The van der Waals surface area contributed by atoms with Gasteiger partial charge in [0, 0.05) is 11.1 Å². The average molecular weight is 301 g/mol. The van der Waals surface area contributed by atoms with E-state index >= 15 is 0 Å². The molecule has 3 rings (SSSR count). The maximum Gasteiger partial charge on any atom is 0.271 e. The van der Waals surface area contributed by atoms with Gasteiger partial charge in [0.2, 0.25) is 0 Å². The van der Waals surface area contributed by atoms with E-state index in [4.69, 9.17) is 0 Å². The number of nitrogens with one attached hydrogen (secondary N) is 1.